The highest BCUT2D eigenvalue weighted by Crippen LogP contribution is 2.53. The number of carbonyl (C=O) groups is 1. The van der Waals surface area contributed by atoms with E-state index in [9.17, 15) is 18.0 Å². The molecule has 0 amide bonds. The number of pyridine rings is 1. The number of rotatable bonds is 3. The van der Waals surface area contributed by atoms with Gasteiger partial charge in [-0.3, -0.25) is 4.79 Å². The number of carbonyl (C=O) groups excluding carboxylic acids is 1. The van der Waals surface area contributed by atoms with E-state index in [1.54, 1.807) is 12.1 Å². The van der Waals surface area contributed by atoms with Crippen molar-refractivity contribution in [3.05, 3.63) is 64.5 Å². The Labute approximate surface area is 185 Å². The van der Waals surface area contributed by atoms with Crippen LogP contribution < -0.4 is 10.1 Å². The number of anilines is 1. The van der Waals surface area contributed by atoms with Crippen LogP contribution in [0.1, 0.15) is 64.2 Å². The van der Waals surface area contributed by atoms with E-state index in [0.29, 0.717) is 41.1 Å². The number of halogens is 3. The molecule has 0 fully saturated rings. The van der Waals surface area contributed by atoms with E-state index in [1.807, 2.05) is 46.8 Å². The molecule has 2 heterocycles. The van der Waals surface area contributed by atoms with Gasteiger partial charge in [-0.15, -0.1) is 0 Å². The van der Waals surface area contributed by atoms with Crippen LogP contribution in [0.5, 0.6) is 5.75 Å². The van der Waals surface area contributed by atoms with Crippen molar-refractivity contribution in [1.82, 2.24) is 4.98 Å². The van der Waals surface area contributed by atoms with Crippen LogP contribution in [0.3, 0.4) is 0 Å². The van der Waals surface area contributed by atoms with Crippen LogP contribution in [0.4, 0.5) is 19.0 Å². The molecule has 1 atom stereocenters. The summed E-state index contributed by atoms with van der Waals surface area (Å²) < 4.78 is 46.6. The lowest BCUT2D eigenvalue weighted by molar-refractivity contribution is -0.137. The molecule has 1 aliphatic carbocycles. The first-order valence-electron chi connectivity index (χ1n) is 10.7. The number of ketones is 1. The minimum Gasteiger partial charge on any atom is -0.491 e. The Balaban J connectivity index is 1.99. The van der Waals surface area contributed by atoms with Crippen molar-refractivity contribution >= 4 is 11.6 Å². The van der Waals surface area contributed by atoms with Crippen LogP contribution in [0.15, 0.2) is 47.8 Å². The monoisotopic (exact) mass is 444 g/mol. The molecule has 2 aliphatic rings. The van der Waals surface area contributed by atoms with Crippen molar-refractivity contribution < 1.29 is 22.7 Å². The van der Waals surface area contributed by atoms with E-state index in [2.05, 4.69) is 10.3 Å². The lowest BCUT2D eigenvalue weighted by atomic mass is 9.62. The molecule has 0 saturated carbocycles. The van der Waals surface area contributed by atoms with Gasteiger partial charge in [-0.25, -0.2) is 4.98 Å². The molecule has 1 aromatic heterocycles. The molecular weight excluding hydrogens is 417 g/mol. The van der Waals surface area contributed by atoms with Gasteiger partial charge in [-0.2, -0.15) is 13.2 Å². The molecule has 32 heavy (non-hydrogen) atoms. The van der Waals surface area contributed by atoms with Crippen LogP contribution in [-0.4, -0.2) is 16.9 Å². The van der Waals surface area contributed by atoms with Gasteiger partial charge < -0.3 is 10.1 Å². The minimum absolute atomic E-state index is 0.0653. The smallest absolute Gasteiger partial charge is 0.417 e. The molecule has 0 unspecified atom stereocenters. The van der Waals surface area contributed by atoms with E-state index < -0.39 is 17.2 Å². The SMILES string of the molecule is CC(C)Oc1cccc([C@@]2(C)C3=C(CC(C)(C)CC3=O)Nc3ncc(C(F)(F)F)cc32)c1. The number of benzene rings is 1. The normalized spacial score (nSPS) is 22.3. The molecule has 1 aliphatic heterocycles. The summed E-state index contributed by atoms with van der Waals surface area (Å²) in [5, 5.41) is 3.18. The van der Waals surface area contributed by atoms with Gasteiger partial charge in [-0.1, -0.05) is 26.0 Å². The first-order valence-corrected chi connectivity index (χ1v) is 10.7. The molecule has 0 radical (unpaired) electrons. The molecule has 7 heteroatoms. The Morgan fingerprint density at radius 3 is 2.50 bits per heavy atom. The van der Waals surface area contributed by atoms with Crippen LogP contribution in [0, 0.1) is 5.41 Å². The second-order valence-corrected chi connectivity index (χ2v) is 9.86. The zero-order chi connectivity index (χ0) is 23.5. The molecule has 4 nitrogen and oxygen atoms in total. The van der Waals surface area contributed by atoms with Gasteiger partial charge in [0.15, 0.2) is 5.78 Å². The first kappa shape index (κ1) is 22.4. The highest BCUT2D eigenvalue weighted by Gasteiger charge is 2.49. The fourth-order valence-electron chi connectivity index (χ4n) is 4.84. The number of ether oxygens (including phenoxy) is 1. The largest absolute Gasteiger partial charge is 0.491 e. The Morgan fingerprint density at radius 1 is 1.12 bits per heavy atom. The molecule has 2 aromatic rings. The third kappa shape index (κ3) is 3.78. The third-order valence-corrected chi connectivity index (χ3v) is 6.18. The summed E-state index contributed by atoms with van der Waals surface area (Å²) in [4.78, 5) is 17.5. The number of fused-ring (bicyclic) bond motifs is 1. The second kappa shape index (κ2) is 7.36. The molecule has 4 rings (SSSR count). The number of alkyl halides is 3. The standard InChI is InChI=1S/C25H27F3N2O2/c1-14(2)32-17-8-6-7-15(9-17)24(5)18-10-16(25(26,27)28)13-29-22(18)30-19-11-23(3,4)12-20(31)21(19)24/h6-10,13-14H,11-12H2,1-5H3,(H,29,30)/t24-/m1/s1. The van der Waals surface area contributed by atoms with Gasteiger partial charge in [0.1, 0.15) is 11.6 Å². The van der Waals surface area contributed by atoms with E-state index in [0.717, 1.165) is 18.0 Å². The van der Waals surface area contributed by atoms with E-state index in [4.69, 9.17) is 4.74 Å². The van der Waals surface area contributed by atoms with Crippen LogP contribution in [-0.2, 0) is 16.4 Å². The molecule has 1 N–H and O–H groups in total. The quantitative estimate of drug-likeness (QED) is 0.607. The van der Waals surface area contributed by atoms with Crippen LogP contribution in [0.2, 0.25) is 0 Å². The van der Waals surface area contributed by atoms with Crippen LogP contribution >= 0.6 is 0 Å². The van der Waals surface area contributed by atoms with Crippen molar-refractivity contribution in [2.45, 2.75) is 65.2 Å². The van der Waals surface area contributed by atoms with Gasteiger partial charge >= 0.3 is 6.18 Å². The Hall–Kier alpha value is -2.83. The first-order chi connectivity index (χ1) is 14.8. The number of nitrogens with one attached hydrogen (secondary N) is 1. The maximum atomic E-state index is 13.6. The summed E-state index contributed by atoms with van der Waals surface area (Å²) >= 11 is 0. The van der Waals surface area contributed by atoms with Crippen molar-refractivity contribution in [3.63, 3.8) is 0 Å². The highest BCUT2D eigenvalue weighted by atomic mass is 19.4. The van der Waals surface area contributed by atoms with Gasteiger partial charge in [-0.05, 0) is 56.4 Å². The maximum absolute atomic E-state index is 13.6. The number of hydrogen-bond acceptors (Lipinski definition) is 4. The predicted octanol–water partition coefficient (Wildman–Crippen LogP) is 6.26. The zero-order valence-electron chi connectivity index (χ0n) is 18.9. The Morgan fingerprint density at radius 2 is 1.84 bits per heavy atom. The summed E-state index contributed by atoms with van der Waals surface area (Å²) in [5.41, 5.74) is 0.0625. The number of Topliss-reactive ketones (excluding diaryl/α,β-unsaturated/α-hetero) is 1. The molecule has 0 bridgehead atoms. The van der Waals surface area contributed by atoms with Gasteiger partial charge in [0, 0.05) is 29.5 Å². The van der Waals surface area contributed by atoms with E-state index in [-0.39, 0.29) is 17.3 Å². The minimum atomic E-state index is -4.54. The third-order valence-electron chi connectivity index (χ3n) is 6.18. The fraction of sp³-hybridized carbons (Fsp3) is 0.440. The van der Waals surface area contributed by atoms with Crippen molar-refractivity contribution in [2.24, 2.45) is 5.41 Å². The number of allylic oxidation sites excluding steroid dienone is 2. The summed E-state index contributed by atoms with van der Waals surface area (Å²) in [6, 6.07) is 8.37. The molecule has 170 valence electrons. The number of hydrogen-bond donors (Lipinski definition) is 1. The summed E-state index contributed by atoms with van der Waals surface area (Å²) in [6.45, 7) is 9.65. The predicted molar refractivity (Wildman–Crippen MR) is 117 cm³/mol. The lowest BCUT2D eigenvalue weighted by Crippen LogP contribution is -2.42. The fourth-order valence-corrected chi connectivity index (χ4v) is 4.84. The molecule has 0 saturated heterocycles. The number of aromatic nitrogens is 1. The van der Waals surface area contributed by atoms with Crippen molar-refractivity contribution in [2.75, 3.05) is 5.32 Å². The maximum Gasteiger partial charge on any atom is 0.417 e. The molecule has 0 spiro atoms. The highest BCUT2D eigenvalue weighted by molar-refractivity contribution is 6.02. The zero-order valence-corrected chi connectivity index (χ0v) is 18.9. The van der Waals surface area contributed by atoms with Gasteiger partial charge in [0.25, 0.3) is 0 Å². The summed E-state index contributed by atoms with van der Waals surface area (Å²) in [7, 11) is 0. The van der Waals surface area contributed by atoms with Crippen LogP contribution in [0.25, 0.3) is 0 Å². The molecule has 1 aromatic carbocycles. The summed E-state index contributed by atoms with van der Waals surface area (Å²) in [5.74, 6) is 0.883. The number of nitrogens with zero attached hydrogens (tertiary/aromatic N) is 1. The summed E-state index contributed by atoms with van der Waals surface area (Å²) in [6.07, 6.45) is -2.84. The second-order valence-electron chi connectivity index (χ2n) is 9.86. The average molecular weight is 444 g/mol. The average Bonchev–Trinajstić information content (AvgIpc) is 2.65. The topological polar surface area (TPSA) is 51.2 Å². The Bertz CT molecular complexity index is 1120. The van der Waals surface area contributed by atoms with E-state index in [1.165, 1.54) is 0 Å². The lowest BCUT2D eigenvalue weighted by Gasteiger charge is -2.44. The van der Waals surface area contributed by atoms with Crippen molar-refractivity contribution in [1.29, 1.82) is 0 Å². The van der Waals surface area contributed by atoms with Gasteiger partial charge in [0.05, 0.1) is 17.1 Å². The Kier molecular flexibility index (Phi) is 5.14. The van der Waals surface area contributed by atoms with E-state index >= 15 is 0 Å². The molecular formula is C25H27F3N2O2. The van der Waals surface area contributed by atoms with Gasteiger partial charge in [0.2, 0.25) is 0 Å². The van der Waals surface area contributed by atoms with Crippen molar-refractivity contribution in [3.8, 4) is 5.75 Å².